The largest absolute Gasteiger partial charge is 0.395 e. The number of amidine groups is 1. The van der Waals surface area contributed by atoms with Gasteiger partial charge in [-0.25, -0.2) is 15.0 Å². The minimum absolute atomic E-state index is 0.199. The molecule has 1 aromatic heterocycles. The lowest BCUT2D eigenvalue weighted by Gasteiger charge is -2.35. The second-order valence-corrected chi connectivity index (χ2v) is 9.68. The first-order chi connectivity index (χ1) is 14.5. The van der Waals surface area contributed by atoms with Gasteiger partial charge in [-0.1, -0.05) is 23.7 Å². The van der Waals surface area contributed by atoms with Gasteiger partial charge in [0, 0.05) is 49.9 Å². The standard InChI is InChI=1S/C21H27ClN6OS/c1-15-4-3-5-17(22)20(15)30-13-6-23-21(30)26-18-14-19(25-16(2)24-18)28-9-7-27(8-10-28)11-12-29/h3-6,13-14,29-30H,7-12H2,1-2H3,(H,23,24,25,26). The highest BCUT2D eigenvalue weighted by Crippen LogP contribution is 2.47. The van der Waals surface area contributed by atoms with E-state index in [2.05, 4.69) is 48.5 Å². The zero-order valence-corrected chi connectivity index (χ0v) is 18.9. The van der Waals surface area contributed by atoms with Gasteiger partial charge in [-0.15, -0.1) is 10.9 Å². The number of hydrogen-bond donors (Lipinski definition) is 3. The van der Waals surface area contributed by atoms with E-state index >= 15 is 0 Å². The number of nitrogens with one attached hydrogen (secondary N) is 1. The van der Waals surface area contributed by atoms with E-state index in [1.54, 1.807) is 0 Å². The van der Waals surface area contributed by atoms with Crippen LogP contribution in [0.3, 0.4) is 0 Å². The van der Waals surface area contributed by atoms with Gasteiger partial charge in [0.15, 0.2) is 5.17 Å². The fourth-order valence-corrected chi connectivity index (χ4v) is 6.12. The number of aliphatic hydroxyl groups excluding tert-OH is 1. The summed E-state index contributed by atoms with van der Waals surface area (Å²) in [7, 11) is -0.791. The summed E-state index contributed by atoms with van der Waals surface area (Å²) < 4.78 is 0. The molecule has 30 heavy (non-hydrogen) atoms. The van der Waals surface area contributed by atoms with Crippen LogP contribution in [0.15, 0.2) is 45.8 Å². The predicted molar refractivity (Wildman–Crippen MR) is 126 cm³/mol. The molecule has 7 nitrogen and oxygen atoms in total. The van der Waals surface area contributed by atoms with Crippen LogP contribution in [0.25, 0.3) is 0 Å². The number of thiol groups is 1. The number of aliphatic hydroxyl groups is 1. The molecule has 0 spiro atoms. The van der Waals surface area contributed by atoms with Crippen molar-refractivity contribution < 1.29 is 5.11 Å². The summed E-state index contributed by atoms with van der Waals surface area (Å²) in [4.78, 5) is 19.5. The number of aryl methyl sites for hydroxylation is 2. The van der Waals surface area contributed by atoms with Crippen molar-refractivity contribution in [3.8, 4) is 0 Å². The molecular formula is C21H27ClN6OS. The van der Waals surface area contributed by atoms with Crippen LogP contribution >= 0.6 is 22.5 Å². The van der Waals surface area contributed by atoms with Crippen LogP contribution in [-0.4, -0.2) is 64.5 Å². The SMILES string of the molecule is Cc1nc(NC2=NC=C[SH]2c2c(C)cccc2Cl)cc(N2CCN(CCO)CC2)n1. The number of β-amino-alcohol motifs (C(OH)–C–C–N with tert-alkyl or cyclic N) is 1. The molecule has 0 aliphatic carbocycles. The number of nitrogens with zero attached hydrogens (tertiary/aromatic N) is 5. The van der Waals surface area contributed by atoms with Gasteiger partial charge in [-0.3, -0.25) is 4.90 Å². The smallest absolute Gasteiger partial charge is 0.154 e. The van der Waals surface area contributed by atoms with E-state index < -0.39 is 10.9 Å². The van der Waals surface area contributed by atoms with Gasteiger partial charge in [-0.05, 0) is 30.9 Å². The van der Waals surface area contributed by atoms with Crippen LogP contribution in [0.4, 0.5) is 11.6 Å². The van der Waals surface area contributed by atoms with Crippen molar-refractivity contribution in [1.82, 2.24) is 14.9 Å². The lowest BCUT2D eigenvalue weighted by Crippen LogP contribution is -2.47. The first kappa shape index (κ1) is 21.1. The van der Waals surface area contributed by atoms with E-state index in [-0.39, 0.29) is 6.61 Å². The molecule has 3 heterocycles. The normalized spacial score (nSPS) is 20.5. The van der Waals surface area contributed by atoms with E-state index in [1.165, 1.54) is 0 Å². The number of piperazine rings is 1. The van der Waals surface area contributed by atoms with E-state index in [4.69, 9.17) is 16.7 Å². The molecule has 160 valence electrons. The maximum absolute atomic E-state index is 9.14. The fraction of sp³-hybridized carbons (Fsp3) is 0.381. The quantitative estimate of drug-likeness (QED) is 0.612. The van der Waals surface area contributed by atoms with Gasteiger partial charge < -0.3 is 15.3 Å². The second-order valence-electron chi connectivity index (χ2n) is 7.36. The van der Waals surface area contributed by atoms with Crippen molar-refractivity contribution in [3.63, 3.8) is 0 Å². The molecule has 0 bridgehead atoms. The van der Waals surface area contributed by atoms with Crippen LogP contribution in [0, 0.1) is 13.8 Å². The first-order valence-corrected chi connectivity index (χ1v) is 11.8. The highest BCUT2D eigenvalue weighted by molar-refractivity contribution is 8.32. The monoisotopic (exact) mass is 446 g/mol. The molecule has 1 atom stereocenters. The molecule has 1 aromatic carbocycles. The predicted octanol–water partition coefficient (Wildman–Crippen LogP) is 3.17. The maximum atomic E-state index is 9.14. The van der Waals surface area contributed by atoms with E-state index in [9.17, 15) is 0 Å². The van der Waals surface area contributed by atoms with Gasteiger partial charge in [0.1, 0.15) is 17.5 Å². The molecule has 4 rings (SSSR count). The lowest BCUT2D eigenvalue weighted by atomic mass is 10.2. The average Bonchev–Trinajstić information content (AvgIpc) is 3.16. The maximum Gasteiger partial charge on any atom is 0.154 e. The average molecular weight is 447 g/mol. The van der Waals surface area contributed by atoms with E-state index in [1.807, 2.05) is 31.3 Å². The molecule has 1 fully saturated rings. The molecule has 0 amide bonds. The molecule has 2 N–H and O–H groups in total. The third-order valence-corrected chi connectivity index (χ3v) is 7.88. The Morgan fingerprint density at radius 2 is 1.97 bits per heavy atom. The highest BCUT2D eigenvalue weighted by atomic mass is 35.5. The van der Waals surface area contributed by atoms with Crippen molar-refractivity contribution in [3.05, 3.63) is 52.3 Å². The molecular weight excluding hydrogens is 420 g/mol. The van der Waals surface area contributed by atoms with Crippen molar-refractivity contribution in [1.29, 1.82) is 0 Å². The third-order valence-electron chi connectivity index (χ3n) is 5.25. The van der Waals surface area contributed by atoms with Gasteiger partial charge in [0.2, 0.25) is 0 Å². The number of hydrogen-bond acceptors (Lipinski definition) is 7. The van der Waals surface area contributed by atoms with Gasteiger partial charge >= 0.3 is 0 Å². The minimum atomic E-state index is -0.791. The van der Waals surface area contributed by atoms with Crippen LogP contribution in [-0.2, 0) is 0 Å². The summed E-state index contributed by atoms with van der Waals surface area (Å²) in [5.74, 6) is 2.38. The highest BCUT2D eigenvalue weighted by Gasteiger charge is 2.22. The zero-order valence-electron chi connectivity index (χ0n) is 17.2. The Bertz CT molecular complexity index is 954. The van der Waals surface area contributed by atoms with Gasteiger partial charge in [-0.2, -0.15) is 0 Å². The fourth-order valence-electron chi connectivity index (χ4n) is 3.74. The topological polar surface area (TPSA) is 76.9 Å². The van der Waals surface area contributed by atoms with Crippen molar-refractivity contribution in [2.24, 2.45) is 4.99 Å². The molecule has 0 saturated carbocycles. The summed E-state index contributed by atoms with van der Waals surface area (Å²) >= 11 is 6.51. The Balaban J connectivity index is 1.51. The number of aliphatic imine (C=N–C) groups is 1. The minimum Gasteiger partial charge on any atom is -0.395 e. The van der Waals surface area contributed by atoms with Crippen LogP contribution < -0.4 is 10.2 Å². The number of benzene rings is 1. The van der Waals surface area contributed by atoms with Gasteiger partial charge in [0.25, 0.3) is 0 Å². The molecule has 1 unspecified atom stereocenters. The van der Waals surface area contributed by atoms with Crippen molar-refractivity contribution in [2.75, 3.05) is 49.5 Å². The van der Waals surface area contributed by atoms with Crippen LogP contribution in [0.1, 0.15) is 11.4 Å². The van der Waals surface area contributed by atoms with E-state index in [0.29, 0.717) is 0 Å². The second kappa shape index (κ2) is 9.34. The number of rotatable bonds is 5. The summed E-state index contributed by atoms with van der Waals surface area (Å²) in [5, 5.41) is 16.3. The summed E-state index contributed by atoms with van der Waals surface area (Å²) in [6.45, 7) is 8.50. The molecule has 2 aliphatic heterocycles. The lowest BCUT2D eigenvalue weighted by molar-refractivity contribution is 0.188. The molecule has 0 radical (unpaired) electrons. The third kappa shape index (κ3) is 4.62. The Kier molecular flexibility index (Phi) is 6.58. The Hall–Kier alpha value is -2.13. The Morgan fingerprint density at radius 1 is 1.17 bits per heavy atom. The van der Waals surface area contributed by atoms with Gasteiger partial charge in [0.05, 0.1) is 11.6 Å². The van der Waals surface area contributed by atoms with Crippen molar-refractivity contribution >= 4 is 39.3 Å². The van der Waals surface area contributed by atoms with Crippen molar-refractivity contribution in [2.45, 2.75) is 18.7 Å². The molecule has 2 aliphatic rings. The molecule has 9 heteroatoms. The Morgan fingerprint density at radius 3 is 2.70 bits per heavy atom. The first-order valence-electron chi connectivity index (χ1n) is 10.0. The summed E-state index contributed by atoms with van der Waals surface area (Å²) in [6, 6.07) is 7.97. The summed E-state index contributed by atoms with van der Waals surface area (Å²) in [6.07, 6.45) is 1.84. The number of aromatic nitrogens is 2. The Labute approximate surface area is 184 Å². The summed E-state index contributed by atoms with van der Waals surface area (Å²) in [5.41, 5.74) is 1.16. The van der Waals surface area contributed by atoms with Crippen LogP contribution in [0.5, 0.6) is 0 Å². The molecule has 2 aromatic rings. The van der Waals surface area contributed by atoms with Crippen LogP contribution in [0.2, 0.25) is 5.02 Å². The zero-order chi connectivity index (χ0) is 21.1. The van der Waals surface area contributed by atoms with E-state index in [0.717, 1.165) is 70.8 Å². The molecule has 1 saturated heterocycles. The number of anilines is 2. The number of halogens is 1.